The number of rotatable bonds is 5. The number of benzene rings is 2. The fourth-order valence-electron chi connectivity index (χ4n) is 3.18. The Labute approximate surface area is 188 Å². The lowest BCUT2D eigenvalue weighted by atomic mass is 9.78. The first-order chi connectivity index (χ1) is 15.2. The van der Waals surface area contributed by atoms with Gasteiger partial charge < -0.3 is 19.4 Å². The largest absolute Gasteiger partial charge is 0.497 e. The third-order valence-electron chi connectivity index (χ3n) is 5.59. The summed E-state index contributed by atoms with van der Waals surface area (Å²) < 4.78 is 73.1. The molecule has 6 nitrogen and oxygen atoms in total. The number of hydrogen-bond acceptors (Lipinski definition) is 5. The second kappa shape index (κ2) is 8.79. The van der Waals surface area contributed by atoms with Crippen LogP contribution in [-0.2, 0) is 23.6 Å². The van der Waals surface area contributed by atoms with E-state index >= 15 is 0 Å². The maximum absolute atomic E-state index is 14.8. The highest BCUT2D eigenvalue weighted by atomic mass is 19.2. The number of esters is 1. The molecule has 1 aliphatic heterocycles. The second-order valence-corrected chi connectivity index (χ2v) is 8.60. The van der Waals surface area contributed by atoms with Crippen LogP contribution in [-0.4, -0.2) is 30.2 Å². The fourth-order valence-corrected chi connectivity index (χ4v) is 3.18. The van der Waals surface area contributed by atoms with Gasteiger partial charge in [-0.2, -0.15) is 0 Å². The molecule has 1 N–H and O–H groups in total. The molecular weight excluding hydrogens is 445 g/mol. The van der Waals surface area contributed by atoms with Crippen LogP contribution in [0.5, 0.6) is 0 Å². The summed E-state index contributed by atoms with van der Waals surface area (Å²) in [5, 5.41) is 2.09. The molecule has 0 aromatic heterocycles. The van der Waals surface area contributed by atoms with Crippen molar-refractivity contribution in [1.29, 1.82) is 0 Å². The van der Waals surface area contributed by atoms with Gasteiger partial charge >= 0.3 is 13.1 Å². The summed E-state index contributed by atoms with van der Waals surface area (Å²) in [5.74, 6) is -6.83. The van der Waals surface area contributed by atoms with Gasteiger partial charge in [-0.15, -0.1) is 0 Å². The molecule has 1 heterocycles. The zero-order chi connectivity index (χ0) is 24.7. The van der Waals surface area contributed by atoms with E-state index in [4.69, 9.17) is 14.0 Å². The molecule has 0 saturated carbocycles. The van der Waals surface area contributed by atoms with Crippen molar-refractivity contribution < 1.29 is 41.2 Å². The van der Waals surface area contributed by atoms with Crippen LogP contribution in [0.4, 0.5) is 23.2 Å². The smallest absolute Gasteiger partial charge is 0.447 e. The van der Waals surface area contributed by atoms with Crippen molar-refractivity contribution >= 4 is 30.1 Å². The molecule has 2 aromatic carbocycles. The van der Waals surface area contributed by atoms with Crippen molar-refractivity contribution in [3.63, 3.8) is 0 Å². The minimum atomic E-state index is -1.81. The first-order valence-corrected chi connectivity index (χ1v) is 9.99. The minimum absolute atomic E-state index is 0.215. The molecule has 33 heavy (non-hydrogen) atoms. The van der Waals surface area contributed by atoms with E-state index in [0.29, 0.717) is 6.07 Å². The van der Waals surface area contributed by atoms with E-state index in [1.807, 2.05) is 0 Å². The topological polar surface area (TPSA) is 73.9 Å². The Morgan fingerprint density at radius 1 is 0.939 bits per heavy atom. The maximum Gasteiger partial charge on any atom is 0.497 e. The quantitative estimate of drug-likeness (QED) is 0.412. The van der Waals surface area contributed by atoms with E-state index in [-0.39, 0.29) is 11.0 Å². The van der Waals surface area contributed by atoms with Crippen molar-refractivity contribution in [2.24, 2.45) is 0 Å². The molecule has 1 atom stereocenters. The predicted molar refractivity (Wildman–Crippen MR) is 112 cm³/mol. The number of anilines is 1. The molecule has 1 saturated heterocycles. The summed E-state index contributed by atoms with van der Waals surface area (Å²) in [7, 11) is -1.18. The third-order valence-corrected chi connectivity index (χ3v) is 5.59. The summed E-state index contributed by atoms with van der Waals surface area (Å²) in [4.78, 5) is 24.1. The number of nitrogens with one attached hydrogen (secondary N) is 1. The van der Waals surface area contributed by atoms with Gasteiger partial charge in [-0.3, -0.25) is 9.59 Å². The molecule has 11 heteroatoms. The van der Waals surface area contributed by atoms with E-state index in [2.05, 4.69) is 5.32 Å². The van der Waals surface area contributed by atoms with Crippen LogP contribution >= 0.6 is 0 Å². The number of ether oxygens (including phenoxy) is 1. The van der Waals surface area contributed by atoms with Gasteiger partial charge in [-0.1, -0.05) is 6.07 Å². The Kier molecular flexibility index (Phi) is 6.59. The van der Waals surface area contributed by atoms with Crippen LogP contribution in [0.15, 0.2) is 30.3 Å². The predicted octanol–water partition coefficient (Wildman–Crippen LogP) is 3.79. The summed E-state index contributed by atoms with van der Waals surface area (Å²) >= 11 is 0. The number of carbonyl (C=O) groups is 2. The molecule has 1 unspecified atom stereocenters. The molecule has 3 rings (SSSR count). The third kappa shape index (κ3) is 5.04. The summed E-state index contributed by atoms with van der Waals surface area (Å²) in [6.07, 6.45) is -1.81. The summed E-state index contributed by atoms with van der Waals surface area (Å²) in [6.45, 7) is 7.98. The Hall–Kier alpha value is -2.92. The van der Waals surface area contributed by atoms with Crippen molar-refractivity contribution in [3.8, 4) is 0 Å². The van der Waals surface area contributed by atoms with Crippen LogP contribution in [0.1, 0.15) is 46.3 Å². The Balaban J connectivity index is 1.88. The van der Waals surface area contributed by atoms with Gasteiger partial charge in [0.15, 0.2) is 11.6 Å². The summed E-state index contributed by atoms with van der Waals surface area (Å²) in [5.41, 5.74) is -2.69. The Morgan fingerprint density at radius 2 is 1.48 bits per heavy atom. The lowest BCUT2D eigenvalue weighted by Gasteiger charge is -2.32. The minimum Gasteiger partial charge on any atom is -0.447 e. The van der Waals surface area contributed by atoms with Gasteiger partial charge in [-0.05, 0) is 45.9 Å². The van der Waals surface area contributed by atoms with E-state index < -0.39 is 65.3 Å². The van der Waals surface area contributed by atoms with Crippen molar-refractivity contribution in [1.82, 2.24) is 0 Å². The second-order valence-electron chi connectivity index (χ2n) is 8.60. The van der Waals surface area contributed by atoms with Gasteiger partial charge in [0.1, 0.15) is 11.6 Å². The average Bonchev–Trinajstić information content (AvgIpc) is 2.89. The lowest BCUT2D eigenvalue weighted by Crippen LogP contribution is -2.41. The van der Waals surface area contributed by atoms with Gasteiger partial charge in [0, 0.05) is 24.0 Å². The van der Waals surface area contributed by atoms with Crippen LogP contribution in [0.3, 0.4) is 0 Å². The summed E-state index contributed by atoms with van der Waals surface area (Å²) in [6, 6.07) is 4.39. The van der Waals surface area contributed by atoms with Crippen molar-refractivity contribution in [3.05, 3.63) is 59.2 Å². The maximum atomic E-state index is 14.8. The number of hydrogen-bond donors (Lipinski definition) is 1. The van der Waals surface area contributed by atoms with Crippen LogP contribution in [0, 0.1) is 23.3 Å². The van der Waals surface area contributed by atoms with Crippen molar-refractivity contribution in [2.45, 2.75) is 51.9 Å². The van der Waals surface area contributed by atoms with Crippen LogP contribution in [0.25, 0.3) is 0 Å². The molecule has 2 aromatic rings. The molecule has 1 aliphatic rings. The molecule has 0 radical (unpaired) electrons. The van der Waals surface area contributed by atoms with Gasteiger partial charge in [0.25, 0.3) is 5.91 Å². The first kappa shape index (κ1) is 24.7. The van der Waals surface area contributed by atoms with Gasteiger partial charge in [-0.25, -0.2) is 17.6 Å². The monoisotopic (exact) mass is 467 g/mol. The van der Waals surface area contributed by atoms with Crippen LogP contribution in [0.2, 0.25) is 0 Å². The highest BCUT2D eigenvalue weighted by Gasteiger charge is 2.52. The Morgan fingerprint density at radius 3 is 2.00 bits per heavy atom. The van der Waals surface area contributed by atoms with Gasteiger partial charge in [0.05, 0.1) is 16.9 Å². The zero-order valence-electron chi connectivity index (χ0n) is 18.6. The molecule has 1 fully saturated rings. The molecule has 176 valence electrons. The van der Waals surface area contributed by atoms with Gasteiger partial charge in [0.2, 0.25) is 6.10 Å². The SMILES string of the molecule is CC(=O)OC(C(=O)Nc1ccc(B2OC(C)(C)C(C)(C)O2)c(F)c1F)c1cc(F)cc(F)c1. The molecule has 0 aliphatic carbocycles. The fraction of sp³-hybridized carbons (Fsp3) is 0.364. The van der Waals surface area contributed by atoms with E-state index in [1.165, 1.54) is 6.07 Å². The van der Waals surface area contributed by atoms with E-state index in [0.717, 1.165) is 25.1 Å². The average molecular weight is 467 g/mol. The van der Waals surface area contributed by atoms with Crippen LogP contribution < -0.4 is 10.8 Å². The van der Waals surface area contributed by atoms with E-state index in [9.17, 15) is 27.2 Å². The lowest BCUT2D eigenvalue weighted by molar-refractivity contribution is -0.152. The molecular formula is C22H22BF4NO5. The molecule has 0 bridgehead atoms. The Bertz CT molecular complexity index is 1070. The molecule has 1 amide bonds. The first-order valence-electron chi connectivity index (χ1n) is 9.99. The van der Waals surface area contributed by atoms with Crippen molar-refractivity contribution in [2.75, 3.05) is 5.32 Å². The zero-order valence-corrected chi connectivity index (χ0v) is 18.6. The highest BCUT2D eigenvalue weighted by Crippen LogP contribution is 2.37. The normalized spacial score (nSPS) is 17.5. The number of amides is 1. The molecule has 0 spiro atoms. The van der Waals surface area contributed by atoms with E-state index in [1.54, 1.807) is 27.7 Å². The highest BCUT2D eigenvalue weighted by molar-refractivity contribution is 6.62. The standard InChI is InChI=1S/C22H22BF4NO5/c1-11(29)31-19(12-8-13(24)10-14(25)9-12)20(30)28-16-7-6-15(17(26)18(16)27)23-32-21(2,3)22(4,5)33-23/h6-10,19H,1-5H3,(H,28,30). The number of carbonyl (C=O) groups excluding carboxylic acids is 2. The number of halogens is 4.